The summed E-state index contributed by atoms with van der Waals surface area (Å²) in [5.74, 6) is -1.47. The molecule has 2 aromatic heterocycles. The van der Waals surface area contributed by atoms with Crippen molar-refractivity contribution in [1.29, 1.82) is 0 Å². The third-order valence-corrected chi connectivity index (χ3v) is 3.95. The van der Waals surface area contributed by atoms with Crippen LogP contribution in [0.1, 0.15) is 48.4 Å². The molecule has 2 rings (SSSR count). The van der Waals surface area contributed by atoms with Crippen LogP contribution in [0.2, 0.25) is 0 Å². The lowest BCUT2D eigenvalue weighted by Gasteiger charge is -2.26. The maximum atomic E-state index is 12.7. The number of pyridine rings is 1. The number of carbonyl (C=O) groups excluding carboxylic acids is 1. The van der Waals surface area contributed by atoms with Gasteiger partial charge in [-0.15, -0.1) is 0 Å². The Kier molecular flexibility index (Phi) is 4.40. The Labute approximate surface area is 134 Å². The van der Waals surface area contributed by atoms with Crippen LogP contribution in [0.3, 0.4) is 0 Å². The zero-order valence-electron chi connectivity index (χ0n) is 14.1. The molecular formula is C16H22N4O3. The van der Waals surface area contributed by atoms with E-state index in [1.807, 2.05) is 6.92 Å². The van der Waals surface area contributed by atoms with Gasteiger partial charge in [0.1, 0.15) is 5.54 Å². The van der Waals surface area contributed by atoms with Crippen LogP contribution in [0.4, 0.5) is 0 Å². The second kappa shape index (κ2) is 5.98. The molecule has 1 atom stereocenters. The van der Waals surface area contributed by atoms with E-state index in [1.165, 1.54) is 6.92 Å². The minimum atomic E-state index is -1.30. The molecule has 2 heterocycles. The van der Waals surface area contributed by atoms with E-state index in [-0.39, 0.29) is 0 Å². The molecule has 0 bridgehead atoms. The highest BCUT2D eigenvalue weighted by atomic mass is 16.4. The lowest BCUT2D eigenvalue weighted by atomic mass is 9.95. The number of nitrogens with zero attached hydrogens (tertiary/aromatic N) is 3. The number of carbonyl (C=O) groups is 2. The number of fused-ring (bicyclic) bond motifs is 1. The first kappa shape index (κ1) is 16.9. The molecule has 0 saturated carbocycles. The van der Waals surface area contributed by atoms with Crippen molar-refractivity contribution < 1.29 is 14.7 Å². The summed E-state index contributed by atoms with van der Waals surface area (Å²) in [5.41, 5.74) is 1.08. The van der Waals surface area contributed by atoms with Crippen LogP contribution < -0.4 is 5.32 Å². The Balaban J connectivity index is 2.51. The molecule has 0 spiro atoms. The van der Waals surface area contributed by atoms with Crippen LogP contribution in [0.15, 0.2) is 6.07 Å². The van der Waals surface area contributed by atoms with Crippen LogP contribution in [0.25, 0.3) is 11.0 Å². The molecule has 124 valence electrons. The van der Waals surface area contributed by atoms with E-state index in [0.29, 0.717) is 40.8 Å². The Morgan fingerprint density at radius 2 is 2.04 bits per heavy atom. The fraction of sp³-hybridized carbons (Fsp3) is 0.500. The van der Waals surface area contributed by atoms with E-state index in [1.54, 1.807) is 31.6 Å². The maximum Gasteiger partial charge on any atom is 0.329 e. The smallest absolute Gasteiger partial charge is 0.329 e. The van der Waals surface area contributed by atoms with E-state index in [9.17, 15) is 14.7 Å². The van der Waals surface area contributed by atoms with E-state index >= 15 is 0 Å². The molecule has 1 amide bonds. The summed E-state index contributed by atoms with van der Waals surface area (Å²) in [4.78, 5) is 28.7. The van der Waals surface area contributed by atoms with Crippen molar-refractivity contribution in [3.05, 3.63) is 23.0 Å². The van der Waals surface area contributed by atoms with Gasteiger partial charge in [0.25, 0.3) is 5.91 Å². The number of carboxylic acid groups (broad SMARTS) is 1. The predicted octanol–water partition coefficient (Wildman–Crippen LogP) is 1.96. The summed E-state index contributed by atoms with van der Waals surface area (Å²) in [6.07, 6.45) is 1.01. The number of hydrogen-bond donors (Lipinski definition) is 2. The molecule has 0 aliphatic rings. The van der Waals surface area contributed by atoms with Crippen LogP contribution in [-0.4, -0.2) is 37.3 Å². The van der Waals surface area contributed by atoms with E-state index in [4.69, 9.17) is 0 Å². The number of aliphatic carboxylic acids is 1. The van der Waals surface area contributed by atoms with Crippen molar-refractivity contribution >= 4 is 22.9 Å². The lowest BCUT2D eigenvalue weighted by molar-refractivity contribution is -0.144. The highest BCUT2D eigenvalue weighted by Crippen LogP contribution is 2.23. The second-order valence-corrected chi connectivity index (χ2v) is 6.06. The summed E-state index contributed by atoms with van der Waals surface area (Å²) in [5, 5.41) is 17.1. The summed E-state index contributed by atoms with van der Waals surface area (Å²) >= 11 is 0. The summed E-state index contributed by atoms with van der Waals surface area (Å²) < 4.78 is 1.62. The molecule has 7 heteroatoms. The first-order chi connectivity index (χ1) is 10.7. The van der Waals surface area contributed by atoms with Gasteiger partial charge in [-0.1, -0.05) is 13.3 Å². The monoisotopic (exact) mass is 318 g/mol. The third-order valence-electron chi connectivity index (χ3n) is 3.95. The molecular weight excluding hydrogens is 296 g/mol. The van der Waals surface area contributed by atoms with Gasteiger partial charge in [0.2, 0.25) is 0 Å². The van der Waals surface area contributed by atoms with Gasteiger partial charge in [-0.3, -0.25) is 9.48 Å². The highest BCUT2D eigenvalue weighted by molar-refractivity contribution is 6.08. The Bertz CT molecular complexity index is 781. The zero-order valence-corrected chi connectivity index (χ0v) is 14.1. The van der Waals surface area contributed by atoms with E-state index in [0.717, 1.165) is 0 Å². The number of aryl methyl sites for hydroxylation is 3. The average molecular weight is 318 g/mol. The van der Waals surface area contributed by atoms with Crippen LogP contribution in [0.5, 0.6) is 0 Å². The topological polar surface area (TPSA) is 97.1 Å². The number of carboxylic acids is 1. The van der Waals surface area contributed by atoms with Crippen LogP contribution in [0, 0.1) is 13.8 Å². The van der Waals surface area contributed by atoms with Crippen LogP contribution in [-0.2, 0) is 11.8 Å². The fourth-order valence-electron chi connectivity index (χ4n) is 2.79. The number of rotatable bonds is 5. The van der Waals surface area contributed by atoms with Gasteiger partial charge < -0.3 is 10.4 Å². The van der Waals surface area contributed by atoms with Crippen molar-refractivity contribution in [2.45, 2.75) is 46.1 Å². The number of aromatic nitrogens is 3. The van der Waals surface area contributed by atoms with Gasteiger partial charge in [0.05, 0.1) is 16.6 Å². The minimum Gasteiger partial charge on any atom is -0.480 e. The number of nitrogens with one attached hydrogen (secondary N) is 1. The molecule has 23 heavy (non-hydrogen) atoms. The Morgan fingerprint density at radius 1 is 1.39 bits per heavy atom. The zero-order chi connectivity index (χ0) is 17.4. The SMILES string of the molecule is CCCC(C)(NC(=O)c1cc(C)nc2c1c(C)nn2C)C(=O)O. The van der Waals surface area contributed by atoms with Gasteiger partial charge in [-0.25, -0.2) is 9.78 Å². The molecule has 0 fully saturated rings. The van der Waals surface area contributed by atoms with Crippen molar-refractivity contribution in [2.75, 3.05) is 0 Å². The molecule has 2 aromatic rings. The standard InChI is InChI=1S/C16H22N4O3/c1-6-7-16(4,15(22)23)18-14(21)11-8-9(2)17-13-12(11)10(3)19-20(13)5/h8H,6-7H2,1-5H3,(H,18,21)(H,22,23). The van der Waals surface area contributed by atoms with Gasteiger partial charge in [0, 0.05) is 12.7 Å². The van der Waals surface area contributed by atoms with Gasteiger partial charge in [0.15, 0.2) is 5.65 Å². The van der Waals surface area contributed by atoms with E-state index < -0.39 is 17.4 Å². The largest absolute Gasteiger partial charge is 0.480 e. The molecule has 0 saturated heterocycles. The Morgan fingerprint density at radius 3 is 2.61 bits per heavy atom. The summed E-state index contributed by atoms with van der Waals surface area (Å²) in [6.45, 7) is 7.00. The quantitative estimate of drug-likeness (QED) is 0.878. The van der Waals surface area contributed by atoms with Crippen molar-refractivity contribution in [3.8, 4) is 0 Å². The molecule has 0 aliphatic heterocycles. The first-order valence-corrected chi connectivity index (χ1v) is 7.56. The van der Waals surface area contributed by atoms with Gasteiger partial charge in [-0.2, -0.15) is 5.10 Å². The summed E-state index contributed by atoms with van der Waals surface area (Å²) in [7, 11) is 1.77. The first-order valence-electron chi connectivity index (χ1n) is 7.56. The maximum absolute atomic E-state index is 12.7. The third kappa shape index (κ3) is 3.04. The Hall–Kier alpha value is -2.44. The average Bonchev–Trinajstić information content (AvgIpc) is 2.73. The fourth-order valence-corrected chi connectivity index (χ4v) is 2.79. The summed E-state index contributed by atoms with van der Waals surface area (Å²) in [6, 6.07) is 1.67. The number of amides is 1. The lowest BCUT2D eigenvalue weighted by Crippen LogP contribution is -2.52. The van der Waals surface area contributed by atoms with Crippen LogP contribution >= 0.6 is 0 Å². The predicted molar refractivity (Wildman–Crippen MR) is 86.4 cm³/mol. The van der Waals surface area contributed by atoms with Gasteiger partial charge >= 0.3 is 5.97 Å². The van der Waals surface area contributed by atoms with E-state index in [2.05, 4.69) is 15.4 Å². The normalized spacial score (nSPS) is 13.8. The van der Waals surface area contributed by atoms with Crippen molar-refractivity contribution in [3.63, 3.8) is 0 Å². The van der Waals surface area contributed by atoms with Crippen molar-refractivity contribution in [2.24, 2.45) is 7.05 Å². The van der Waals surface area contributed by atoms with Gasteiger partial charge in [-0.05, 0) is 33.3 Å². The molecule has 0 radical (unpaired) electrons. The number of hydrogen-bond acceptors (Lipinski definition) is 4. The molecule has 2 N–H and O–H groups in total. The molecule has 0 aliphatic carbocycles. The molecule has 1 unspecified atom stereocenters. The van der Waals surface area contributed by atoms with Crippen molar-refractivity contribution in [1.82, 2.24) is 20.1 Å². The minimum absolute atomic E-state index is 0.354. The molecule has 0 aromatic carbocycles. The second-order valence-electron chi connectivity index (χ2n) is 6.06. The molecule has 7 nitrogen and oxygen atoms in total. The highest BCUT2D eigenvalue weighted by Gasteiger charge is 2.34.